The van der Waals surface area contributed by atoms with Gasteiger partial charge in [-0.1, -0.05) is 12.7 Å². The predicted octanol–water partition coefficient (Wildman–Crippen LogP) is 0.201. The van der Waals surface area contributed by atoms with Crippen LogP contribution in [0.5, 0.6) is 0 Å². The number of alkyl carbamates (subject to hydrolysis) is 1. The summed E-state index contributed by atoms with van der Waals surface area (Å²) in [6, 6.07) is 0. The Morgan fingerprint density at radius 2 is 2.00 bits per heavy atom. The molecule has 0 unspecified atom stereocenters. The van der Waals surface area contributed by atoms with Crippen LogP contribution in [0.25, 0.3) is 0 Å². The van der Waals surface area contributed by atoms with Crippen molar-refractivity contribution in [1.82, 2.24) is 10.6 Å². The van der Waals surface area contributed by atoms with Crippen LogP contribution in [0.1, 0.15) is 0 Å². The van der Waals surface area contributed by atoms with E-state index in [1.807, 2.05) is 0 Å². The number of hydrogen-bond donors (Lipinski definition) is 2. The van der Waals surface area contributed by atoms with E-state index in [4.69, 9.17) is 4.74 Å². The van der Waals surface area contributed by atoms with Gasteiger partial charge in [0.2, 0.25) is 5.91 Å². The second-order valence-corrected chi connectivity index (χ2v) is 2.30. The lowest BCUT2D eigenvalue weighted by Crippen LogP contribution is -2.30. The molecule has 0 aromatic rings. The summed E-state index contributed by atoms with van der Waals surface area (Å²) in [5.41, 5.74) is 0. The molecule has 0 aromatic heterocycles. The molecule has 2 amide bonds. The molecule has 14 heavy (non-hydrogen) atoms. The van der Waals surface area contributed by atoms with Gasteiger partial charge >= 0.3 is 6.09 Å². The van der Waals surface area contributed by atoms with Gasteiger partial charge in [0.05, 0.1) is 6.54 Å². The predicted molar refractivity (Wildman–Crippen MR) is 52.8 cm³/mol. The van der Waals surface area contributed by atoms with Crippen LogP contribution in [0, 0.1) is 0 Å². The Kier molecular flexibility index (Phi) is 6.85. The number of carbonyl (C=O) groups excluding carboxylic acids is 2. The third-order valence-corrected chi connectivity index (χ3v) is 1.21. The minimum Gasteiger partial charge on any atom is -0.448 e. The molecule has 0 bridgehead atoms. The van der Waals surface area contributed by atoms with Crippen LogP contribution in [-0.2, 0) is 9.53 Å². The summed E-state index contributed by atoms with van der Waals surface area (Å²) in [6.07, 6.45) is 2.16. The molecule has 0 fully saturated rings. The average Bonchev–Trinajstić information content (AvgIpc) is 2.21. The highest BCUT2D eigenvalue weighted by molar-refractivity contribution is 5.86. The van der Waals surface area contributed by atoms with Crippen LogP contribution >= 0.6 is 0 Å². The maximum Gasteiger partial charge on any atom is 0.407 e. The van der Waals surface area contributed by atoms with Crippen molar-refractivity contribution in [2.45, 2.75) is 0 Å². The molecule has 0 rings (SSSR count). The van der Waals surface area contributed by atoms with E-state index in [0.29, 0.717) is 6.54 Å². The first-order valence-corrected chi connectivity index (χ1v) is 4.12. The molecule has 5 nitrogen and oxygen atoms in total. The van der Waals surface area contributed by atoms with Gasteiger partial charge < -0.3 is 15.4 Å². The molecule has 0 aliphatic heterocycles. The standard InChI is InChI=1S/C9H14N2O3/c1-3-5-11-9(13)14-7-6-10-8(12)4-2/h3-4H,1-2,5-7H2,(H,10,12)(H,11,13). The number of amides is 2. The Labute approximate surface area is 82.8 Å². The van der Waals surface area contributed by atoms with Crippen LogP contribution in [-0.4, -0.2) is 31.7 Å². The first kappa shape index (κ1) is 12.2. The second kappa shape index (κ2) is 7.85. The van der Waals surface area contributed by atoms with Gasteiger partial charge in [-0.2, -0.15) is 0 Å². The lowest BCUT2D eigenvalue weighted by Gasteiger charge is -2.05. The topological polar surface area (TPSA) is 67.4 Å². The van der Waals surface area contributed by atoms with Crippen molar-refractivity contribution in [3.63, 3.8) is 0 Å². The molecule has 0 aliphatic carbocycles. The molecule has 0 saturated heterocycles. The minimum absolute atomic E-state index is 0.128. The third kappa shape index (κ3) is 6.90. The quantitative estimate of drug-likeness (QED) is 0.364. The maximum absolute atomic E-state index is 10.8. The van der Waals surface area contributed by atoms with E-state index in [1.165, 1.54) is 0 Å². The smallest absolute Gasteiger partial charge is 0.407 e. The summed E-state index contributed by atoms with van der Waals surface area (Å²) >= 11 is 0. The number of ether oxygens (including phenoxy) is 1. The van der Waals surface area contributed by atoms with Crippen LogP contribution in [0.2, 0.25) is 0 Å². The van der Waals surface area contributed by atoms with Crippen LogP contribution in [0.3, 0.4) is 0 Å². The first-order chi connectivity index (χ1) is 6.70. The molecule has 0 atom stereocenters. The number of nitrogens with one attached hydrogen (secondary N) is 2. The van der Waals surface area contributed by atoms with Gasteiger partial charge in [-0.3, -0.25) is 4.79 Å². The van der Waals surface area contributed by atoms with Crippen molar-refractivity contribution in [3.05, 3.63) is 25.3 Å². The Morgan fingerprint density at radius 1 is 1.29 bits per heavy atom. The van der Waals surface area contributed by atoms with Gasteiger partial charge in [0.15, 0.2) is 0 Å². The Morgan fingerprint density at radius 3 is 2.57 bits per heavy atom. The fourth-order valence-electron chi connectivity index (χ4n) is 0.597. The van der Waals surface area contributed by atoms with E-state index in [1.54, 1.807) is 6.08 Å². The highest BCUT2D eigenvalue weighted by Gasteiger charge is 1.99. The summed E-state index contributed by atoms with van der Waals surface area (Å²) < 4.78 is 4.69. The van der Waals surface area contributed by atoms with Crippen molar-refractivity contribution < 1.29 is 14.3 Å². The van der Waals surface area contributed by atoms with E-state index in [-0.39, 0.29) is 19.1 Å². The van der Waals surface area contributed by atoms with Crippen LogP contribution < -0.4 is 10.6 Å². The van der Waals surface area contributed by atoms with Gasteiger partial charge in [-0.15, -0.1) is 6.58 Å². The Hall–Kier alpha value is -1.78. The largest absolute Gasteiger partial charge is 0.448 e. The minimum atomic E-state index is -0.530. The SMILES string of the molecule is C=CCNC(=O)OCCNC(=O)C=C. The van der Waals surface area contributed by atoms with Crippen LogP contribution in [0.4, 0.5) is 4.79 Å². The molecule has 0 spiro atoms. The molecule has 0 aromatic carbocycles. The summed E-state index contributed by atoms with van der Waals surface area (Å²) in [5, 5.41) is 4.88. The number of rotatable bonds is 6. The highest BCUT2D eigenvalue weighted by atomic mass is 16.5. The summed E-state index contributed by atoms with van der Waals surface area (Å²) in [4.78, 5) is 21.4. The lowest BCUT2D eigenvalue weighted by molar-refractivity contribution is -0.116. The second-order valence-electron chi connectivity index (χ2n) is 2.30. The van der Waals surface area contributed by atoms with Gasteiger partial charge in [0.25, 0.3) is 0 Å². The van der Waals surface area contributed by atoms with Crippen molar-refractivity contribution in [2.75, 3.05) is 19.7 Å². The molecule has 78 valence electrons. The zero-order chi connectivity index (χ0) is 10.8. The zero-order valence-electron chi connectivity index (χ0n) is 7.91. The van der Waals surface area contributed by atoms with Gasteiger partial charge in [0, 0.05) is 6.54 Å². The zero-order valence-corrected chi connectivity index (χ0v) is 7.91. The summed E-state index contributed by atoms with van der Waals surface area (Å²) in [6.45, 7) is 7.45. The third-order valence-electron chi connectivity index (χ3n) is 1.21. The highest BCUT2D eigenvalue weighted by Crippen LogP contribution is 1.76. The van der Waals surface area contributed by atoms with Gasteiger partial charge in [0.1, 0.15) is 6.61 Å². The van der Waals surface area contributed by atoms with E-state index in [2.05, 4.69) is 23.8 Å². The lowest BCUT2D eigenvalue weighted by atomic mass is 10.5. The van der Waals surface area contributed by atoms with E-state index < -0.39 is 6.09 Å². The van der Waals surface area contributed by atoms with Crippen molar-refractivity contribution >= 4 is 12.0 Å². The maximum atomic E-state index is 10.8. The Balaban J connectivity index is 3.35. The van der Waals surface area contributed by atoms with E-state index >= 15 is 0 Å². The van der Waals surface area contributed by atoms with Gasteiger partial charge in [-0.05, 0) is 6.08 Å². The molecular formula is C9H14N2O3. The number of hydrogen-bond acceptors (Lipinski definition) is 3. The fourth-order valence-corrected chi connectivity index (χ4v) is 0.597. The van der Waals surface area contributed by atoms with E-state index in [9.17, 15) is 9.59 Å². The molecular weight excluding hydrogens is 184 g/mol. The van der Waals surface area contributed by atoms with Crippen molar-refractivity contribution in [1.29, 1.82) is 0 Å². The molecule has 0 aliphatic rings. The number of carbonyl (C=O) groups is 2. The van der Waals surface area contributed by atoms with Gasteiger partial charge in [-0.25, -0.2) is 4.79 Å². The molecule has 5 heteroatoms. The van der Waals surface area contributed by atoms with Crippen molar-refractivity contribution in [3.8, 4) is 0 Å². The molecule has 2 N–H and O–H groups in total. The molecule has 0 saturated carbocycles. The van der Waals surface area contributed by atoms with Crippen molar-refractivity contribution in [2.24, 2.45) is 0 Å². The average molecular weight is 198 g/mol. The van der Waals surface area contributed by atoms with Crippen LogP contribution in [0.15, 0.2) is 25.3 Å². The first-order valence-electron chi connectivity index (χ1n) is 4.12. The summed E-state index contributed by atoms with van der Waals surface area (Å²) in [5.74, 6) is -0.292. The summed E-state index contributed by atoms with van der Waals surface area (Å²) in [7, 11) is 0. The fraction of sp³-hybridized carbons (Fsp3) is 0.333. The normalized spacial score (nSPS) is 8.57. The monoisotopic (exact) mass is 198 g/mol. The molecule has 0 heterocycles. The van der Waals surface area contributed by atoms with E-state index in [0.717, 1.165) is 6.08 Å². The molecule has 0 radical (unpaired) electrons. The Bertz CT molecular complexity index is 226.